The van der Waals surface area contributed by atoms with Crippen LogP contribution in [-0.4, -0.2) is 50.8 Å². The molecule has 5 rings (SSSR count). The van der Waals surface area contributed by atoms with Crippen molar-refractivity contribution >= 4 is 17.7 Å². The average molecular weight is 459 g/mol. The maximum Gasteiger partial charge on any atom is 0.414 e. The molecule has 2 heterocycles. The number of carbonyl (C=O) groups excluding carboxylic acids is 2. The van der Waals surface area contributed by atoms with Crippen molar-refractivity contribution in [2.45, 2.75) is 12.5 Å². The van der Waals surface area contributed by atoms with Gasteiger partial charge in [-0.3, -0.25) is 9.69 Å². The monoisotopic (exact) mass is 458 g/mol. The molecule has 7 heteroatoms. The predicted octanol–water partition coefficient (Wildman–Crippen LogP) is 4.45. The van der Waals surface area contributed by atoms with Crippen LogP contribution in [0.25, 0.3) is 0 Å². The summed E-state index contributed by atoms with van der Waals surface area (Å²) in [6, 6.07) is 20.9. The van der Waals surface area contributed by atoms with Crippen LogP contribution >= 0.6 is 0 Å². The van der Waals surface area contributed by atoms with Gasteiger partial charge in [-0.2, -0.15) is 0 Å². The SMILES string of the molecule is COc1cc2c(cc1OC)C(c1ccccc1)N(C(=O)c1ccc(N3CCOC3=O)cc1)CC2. The highest BCUT2D eigenvalue weighted by Gasteiger charge is 2.34. The van der Waals surface area contributed by atoms with Crippen molar-refractivity contribution in [2.24, 2.45) is 0 Å². The molecule has 1 fully saturated rings. The minimum Gasteiger partial charge on any atom is -0.493 e. The fourth-order valence-electron chi connectivity index (χ4n) is 4.74. The summed E-state index contributed by atoms with van der Waals surface area (Å²) in [5.41, 5.74) is 4.49. The molecular formula is C27H26N2O5. The molecule has 0 aromatic heterocycles. The lowest BCUT2D eigenvalue weighted by atomic mass is 9.87. The highest BCUT2D eigenvalue weighted by atomic mass is 16.6. The van der Waals surface area contributed by atoms with Crippen LogP contribution < -0.4 is 14.4 Å². The number of hydrogen-bond donors (Lipinski definition) is 0. The average Bonchev–Trinajstić information content (AvgIpc) is 3.33. The summed E-state index contributed by atoms with van der Waals surface area (Å²) < 4.78 is 16.1. The highest BCUT2D eigenvalue weighted by molar-refractivity contribution is 5.96. The van der Waals surface area contributed by atoms with E-state index in [2.05, 4.69) is 0 Å². The van der Waals surface area contributed by atoms with Gasteiger partial charge in [0.15, 0.2) is 11.5 Å². The summed E-state index contributed by atoms with van der Waals surface area (Å²) in [5.74, 6) is 1.26. The van der Waals surface area contributed by atoms with E-state index in [1.54, 1.807) is 43.4 Å². The molecule has 0 bridgehead atoms. The van der Waals surface area contributed by atoms with Crippen molar-refractivity contribution in [2.75, 3.05) is 38.8 Å². The largest absolute Gasteiger partial charge is 0.493 e. The predicted molar refractivity (Wildman–Crippen MR) is 128 cm³/mol. The molecule has 0 N–H and O–H groups in total. The van der Waals surface area contributed by atoms with Gasteiger partial charge in [0.2, 0.25) is 0 Å². The van der Waals surface area contributed by atoms with Crippen LogP contribution in [0.2, 0.25) is 0 Å². The van der Waals surface area contributed by atoms with E-state index in [0.29, 0.717) is 43.2 Å². The molecule has 0 spiro atoms. The Kier molecular flexibility index (Phi) is 5.84. The van der Waals surface area contributed by atoms with E-state index in [-0.39, 0.29) is 18.0 Å². The number of ether oxygens (including phenoxy) is 3. The van der Waals surface area contributed by atoms with Gasteiger partial charge in [0, 0.05) is 17.8 Å². The number of cyclic esters (lactones) is 1. The number of methoxy groups -OCH3 is 2. The van der Waals surface area contributed by atoms with E-state index in [0.717, 1.165) is 22.4 Å². The molecule has 7 nitrogen and oxygen atoms in total. The Morgan fingerprint density at radius 1 is 0.941 bits per heavy atom. The van der Waals surface area contributed by atoms with Crippen LogP contribution in [0.5, 0.6) is 11.5 Å². The van der Waals surface area contributed by atoms with E-state index in [1.165, 1.54) is 0 Å². The van der Waals surface area contributed by atoms with Crippen LogP contribution in [0.3, 0.4) is 0 Å². The Hall–Kier alpha value is -4.00. The van der Waals surface area contributed by atoms with E-state index in [9.17, 15) is 9.59 Å². The van der Waals surface area contributed by atoms with E-state index < -0.39 is 0 Å². The number of hydrogen-bond acceptors (Lipinski definition) is 5. The smallest absolute Gasteiger partial charge is 0.414 e. The summed E-state index contributed by atoms with van der Waals surface area (Å²) in [7, 11) is 3.24. The first-order valence-electron chi connectivity index (χ1n) is 11.3. The number of nitrogens with zero attached hydrogens (tertiary/aromatic N) is 2. The van der Waals surface area contributed by atoms with Gasteiger partial charge < -0.3 is 19.1 Å². The van der Waals surface area contributed by atoms with Gasteiger partial charge in [0.25, 0.3) is 5.91 Å². The first kappa shape index (κ1) is 21.8. The minimum absolute atomic E-state index is 0.0650. The molecule has 0 saturated carbocycles. The fourth-order valence-corrected chi connectivity index (χ4v) is 4.74. The summed E-state index contributed by atoms with van der Waals surface area (Å²) in [6.45, 7) is 1.46. The van der Waals surface area contributed by atoms with Gasteiger partial charge in [0.1, 0.15) is 6.61 Å². The molecule has 0 radical (unpaired) electrons. The number of carbonyl (C=O) groups is 2. The van der Waals surface area contributed by atoms with Crippen molar-refractivity contribution in [3.8, 4) is 11.5 Å². The number of fused-ring (bicyclic) bond motifs is 1. The Labute approximate surface area is 198 Å². The van der Waals surface area contributed by atoms with Gasteiger partial charge >= 0.3 is 6.09 Å². The van der Waals surface area contributed by atoms with Gasteiger partial charge in [-0.05, 0) is 59.5 Å². The van der Waals surface area contributed by atoms with E-state index in [1.807, 2.05) is 47.4 Å². The third-order valence-corrected chi connectivity index (χ3v) is 6.44. The third-order valence-electron chi connectivity index (χ3n) is 6.44. The van der Waals surface area contributed by atoms with Crippen LogP contribution in [0.15, 0.2) is 66.7 Å². The number of rotatable bonds is 5. The van der Waals surface area contributed by atoms with Gasteiger partial charge in [-0.1, -0.05) is 30.3 Å². The van der Waals surface area contributed by atoms with E-state index >= 15 is 0 Å². The first-order chi connectivity index (χ1) is 16.6. The molecule has 1 unspecified atom stereocenters. The zero-order chi connectivity index (χ0) is 23.7. The number of anilines is 1. The molecule has 174 valence electrons. The topological polar surface area (TPSA) is 68.3 Å². The molecule has 3 aromatic carbocycles. The molecule has 0 aliphatic carbocycles. The molecule has 2 aliphatic heterocycles. The van der Waals surface area contributed by atoms with Crippen LogP contribution in [0.4, 0.5) is 10.5 Å². The number of benzene rings is 3. The molecule has 34 heavy (non-hydrogen) atoms. The molecule has 3 aromatic rings. The quantitative estimate of drug-likeness (QED) is 0.565. The molecule has 1 atom stereocenters. The van der Waals surface area contributed by atoms with Crippen molar-refractivity contribution in [1.29, 1.82) is 0 Å². The summed E-state index contributed by atoms with van der Waals surface area (Å²) >= 11 is 0. The maximum absolute atomic E-state index is 13.7. The lowest BCUT2D eigenvalue weighted by Gasteiger charge is -2.38. The zero-order valence-electron chi connectivity index (χ0n) is 19.2. The van der Waals surface area contributed by atoms with Crippen molar-refractivity contribution < 1.29 is 23.8 Å². The van der Waals surface area contributed by atoms with Gasteiger partial charge in [-0.15, -0.1) is 0 Å². The van der Waals surface area contributed by atoms with Gasteiger partial charge in [0.05, 0.1) is 26.8 Å². The standard InChI is InChI=1S/C27H26N2O5/c1-32-23-16-20-12-13-29(25(18-6-4-3-5-7-18)22(20)17-24(23)33-2)26(30)19-8-10-21(11-9-19)28-14-15-34-27(28)31/h3-11,16-17,25H,12-15H2,1-2H3. The Morgan fingerprint density at radius 2 is 1.65 bits per heavy atom. The van der Waals surface area contributed by atoms with Crippen molar-refractivity contribution in [3.05, 3.63) is 89.0 Å². The first-order valence-corrected chi connectivity index (χ1v) is 11.3. The fraction of sp³-hybridized carbons (Fsp3) is 0.259. The second-order valence-electron chi connectivity index (χ2n) is 8.28. The second kappa shape index (κ2) is 9.09. The Bertz CT molecular complexity index is 1210. The molecule has 1 saturated heterocycles. The third kappa shape index (κ3) is 3.83. The van der Waals surface area contributed by atoms with Crippen LogP contribution in [-0.2, 0) is 11.2 Å². The maximum atomic E-state index is 13.7. The van der Waals surface area contributed by atoms with Crippen LogP contribution in [0.1, 0.15) is 33.1 Å². The lowest BCUT2D eigenvalue weighted by molar-refractivity contribution is 0.0694. The summed E-state index contributed by atoms with van der Waals surface area (Å²) in [5, 5.41) is 0. The Morgan fingerprint density at radius 3 is 2.29 bits per heavy atom. The number of amides is 2. The normalized spacial score (nSPS) is 17.2. The summed E-state index contributed by atoms with van der Waals surface area (Å²) in [6.07, 6.45) is 0.350. The molecule has 2 aliphatic rings. The van der Waals surface area contributed by atoms with Crippen molar-refractivity contribution in [1.82, 2.24) is 4.90 Å². The van der Waals surface area contributed by atoms with Crippen LogP contribution in [0, 0.1) is 0 Å². The minimum atomic E-state index is -0.361. The Balaban J connectivity index is 1.52. The summed E-state index contributed by atoms with van der Waals surface area (Å²) in [4.78, 5) is 29.1. The van der Waals surface area contributed by atoms with Crippen molar-refractivity contribution in [3.63, 3.8) is 0 Å². The molecular weight excluding hydrogens is 432 g/mol. The lowest BCUT2D eigenvalue weighted by Crippen LogP contribution is -2.40. The highest BCUT2D eigenvalue weighted by Crippen LogP contribution is 2.41. The zero-order valence-corrected chi connectivity index (χ0v) is 19.2. The second-order valence-corrected chi connectivity index (χ2v) is 8.28. The van der Waals surface area contributed by atoms with E-state index in [4.69, 9.17) is 14.2 Å². The van der Waals surface area contributed by atoms with Gasteiger partial charge in [-0.25, -0.2) is 4.79 Å². The molecule has 2 amide bonds.